The van der Waals surface area contributed by atoms with Gasteiger partial charge < -0.3 is 5.32 Å². The molecule has 7 rings (SSSR count). The Kier molecular flexibility index (Phi) is 8.29. The summed E-state index contributed by atoms with van der Waals surface area (Å²) in [6, 6.07) is 25.7. The number of anilines is 2. The number of carbonyl (C=O) groups is 2. The summed E-state index contributed by atoms with van der Waals surface area (Å²) < 4.78 is 30.1. The lowest BCUT2D eigenvalue weighted by molar-refractivity contribution is 0.0942. The van der Waals surface area contributed by atoms with Gasteiger partial charge in [-0.05, 0) is 86.2 Å². The minimum absolute atomic E-state index is 0.122. The van der Waals surface area contributed by atoms with Crippen LogP contribution in [0.3, 0.4) is 0 Å². The molecule has 11 heteroatoms. The Bertz CT molecular complexity index is 2090. The highest BCUT2D eigenvalue weighted by atomic mass is 32.2. The van der Waals surface area contributed by atoms with E-state index in [0.717, 1.165) is 53.3 Å². The number of sulfonamides is 1. The highest BCUT2D eigenvalue weighted by Gasteiger charge is 2.32. The van der Waals surface area contributed by atoms with Gasteiger partial charge in [-0.3, -0.25) is 18.8 Å². The average Bonchev–Trinajstić information content (AvgIpc) is 3.62. The number of nitrogens with zero attached hydrogens (tertiary/aromatic N) is 4. The van der Waals surface area contributed by atoms with Crippen LogP contribution in [0.25, 0.3) is 0 Å². The van der Waals surface area contributed by atoms with Gasteiger partial charge in [-0.2, -0.15) is 5.10 Å². The van der Waals surface area contributed by atoms with Gasteiger partial charge in [-0.15, -0.1) is 11.3 Å². The molecule has 0 saturated carbocycles. The van der Waals surface area contributed by atoms with Crippen LogP contribution in [0.2, 0.25) is 0 Å². The van der Waals surface area contributed by atoms with Gasteiger partial charge in [-0.1, -0.05) is 48.5 Å². The van der Waals surface area contributed by atoms with Gasteiger partial charge >= 0.3 is 0 Å². The average molecular weight is 666 g/mol. The van der Waals surface area contributed by atoms with E-state index in [-0.39, 0.29) is 10.8 Å². The summed E-state index contributed by atoms with van der Waals surface area (Å²) in [6.45, 7) is 6.32. The first-order valence-corrected chi connectivity index (χ1v) is 18.0. The van der Waals surface area contributed by atoms with Crippen LogP contribution in [0, 0.1) is 13.8 Å². The number of nitrogens with one attached hydrogen (secondary N) is 1. The molecule has 0 unspecified atom stereocenters. The van der Waals surface area contributed by atoms with Gasteiger partial charge in [0.05, 0.1) is 21.8 Å². The zero-order valence-corrected chi connectivity index (χ0v) is 27.9. The number of amides is 1. The number of hydrogen-bond acceptors (Lipinski definition) is 7. The summed E-state index contributed by atoms with van der Waals surface area (Å²) in [4.78, 5) is 31.1. The Morgan fingerprint density at radius 1 is 0.915 bits per heavy atom. The molecule has 4 heterocycles. The molecule has 0 aliphatic carbocycles. The van der Waals surface area contributed by atoms with Crippen molar-refractivity contribution in [2.75, 3.05) is 22.7 Å². The largest absolute Gasteiger partial charge is 0.313 e. The van der Waals surface area contributed by atoms with Gasteiger partial charge in [0.15, 0.2) is 0 Å². The second-order valence-corrected chi connectivity index (χ2v) is 15.1. The number of rotatable bonds is 7. The molecule has 2 aliphatic heterocycles. The van der Waals surface area contributed by atoms with E-state index in [0.29, 0.717) is 41.3 Å². The summed E-state index contributed by atoms with van der Waals surface area (Å²) in [6.07, 6.45) is 2.24. The smallest absolute Gasteiger partial charge is 0.281 e. The molecule has 5 aromatic rings. The number of thiophene rings is 1. The first-order chi connectivity index (χ1) is 22.7. The molecule has 2 aliphatic rings. The monoisotopic (exact) mass is 665 g/mol. The minimum atomic E-state index is -3.81. The number of hydrogen-bond donors (Lipinski definition) is 1. The van der Waals surface area contributed by atoms with Crippen LogP contribution >= 0.6 is 11.3 Å². The lowest BCUT2D eigenvalue weighted by Gasteiger charge is -2.30. The maximum atomic E-state index is 14.0. The maximum absolute atomic E-state index is 14.0. The van der Waals surface area contributed by atoms with Crippen molar-refractivity contribution in [1.29, 1.82) is 0 Å². The second-order valence-electron chi connectivity index (χ2n) is 12.1. The van der Waals surface area contributed by atoms with E-state index in [9.17, 15) is 18.0 Å². The van der Waals surface area contributed by atoms with Crippen molar-refractivity contribution in [3.8, 4) is 0 Å². The highest BCUT2D eigenvalue weighted by Crippen LogP contribution is 2.39. The van der Waals surface area contributed by atoms with Gasteiger partial charge in [0.25, 0.3) is 21.8 Å². The van der Waals surface area contributed by atoms with E-state index in [1.54, 1.807) is 0 Å². The predicted molar refractivity (Wildman–Crippen MR) is 184 cm³/mol. The Balaban J connectivity index is 1.16. The van der Waals surface area contributed by atoms with Crippen molar-refractivity contribution < 1.29 is 18.0 Å². The normalized spacial score (nSPS) is 14.8. The van der Waals surface area contributed by atoms with Gasteiger partial charge in [0, 0.05) is 42.3 Å². The van der Waals surface area contributed by atoms with E-state index in [1.807, 2.05) is 62.4 Å². The second kappa shape index (κ2) is 12.6. The number of para-hydroxylation sites is 1. The third-order valence-electron chi connectivity index (χ3n) is 8.80. The van der Waals surface area contributed by atoms with Gasteiger partial charge in [0.1, 0.15) is 5.00 Å². The van der Waals surface area contributed by atoms with Crippen LogP contribution in [0.1, 0.15) is 60.1 Å². The van der Waals surface area contributed by atoms with E-state index in [1.165, 1.54) is 50.2 Å². The number of carbonyl (C=O) groups excluding carboxylic acids is 2. The molecule has 9 nitrogen and oxygen atoms in total. The van der Waals surface area contributed by atoms with Gasteiger partial charge in [-0.25, -0.2) is 13.1 Å². The molecule has 0 atom stereocenters. The predicted octanol–water partition coefficient (Wildman–Crippen LogP) is 6.20. The van der Waals surface area contributed by atoms with Crippen LogP contribution in [-0.2, 0) is 36.0 Å². The van der Waals surface area contributed by atoms with Crippen LogP contribution in [0.5, 0.6) is 0 Å². The topological polar surface area (TPSA) is 105 Å². The Labute approximate surface area is 278 Å². The van der Waals surface area contributed by atoms with Crippen molar-refractivity contribution in [3.05, 3.63) is 129 Å². The molecule has 1 N–H and O–H groups in total. The molecule has 3 aromatic carbocycles. The summed E-state index contributed by atoms with van der Waals surface area (Å²) >= 11 is 1.42. The van der Waals surface area contributed by atoms with E-state index < -0.39 is 15.9 Å². The molecule has 240 valence electrons. The molecular formula is C36H35N5O4S2. The lowest BCUT2D eigenvalue weighted by atomic mass is 10.0. The zero-order chi connectivity index (χ0) is 32.7. The summed E-state index contributed by atoms with van der Waals surface area (Å²) in [7, 11) is -3.81. The summed E-state index contributed by atoms with van der Waals surface area (Å²) in [5.74, 6) is -0.692. The van der Waals surface area contributed by atoms with Crippen molar-refractivity contribution in [2.45, 2.75) is 51.1 Å². The van der Waals surface area contributed by atoms with Crippen molar-refractivity contribution in [2.24, 2.45) is 0 Å². The first kappa shape index (κ1) is 31.0. The molecule has 1 amide bonds. The molecule has 0 fully saturated rings. The summed E-state index contributed by atoms with van der Waals surface area (Å²) in [5.41, 5.74) is 6.08. The third-order valence-corrected chi connectivity index (χ3v) is 11.8. The molecule has 0 saturated heterocycles. The van der Waals surface area contributed by atoms with Crippen LogP contribution in [0.15, 0.2) is 89.8 Å². The fourth-order valence-corrected chi connectivity index (χ4v) is 9.34. The molecule has 2 aromatic heterocycles. The Morgan fingerprint density at radius 2 is 1.66 bits per heavy atom. The first-order valence-electron chi connectivity index (χ1n) is 15.7. The number of aryl methyl sites for hydroxylation is 3. The number of aromatic nitrogens is 2. The fraction of sp³-hybridized carbons (Fsp3) is 0.250. The van der Waals surface area contributed by atoms with Crippen molar-refractivity contribution >= 4 is 43.9 Å². The number of fused-ring (bicyclic) bond motifs is 2. The lowest BCUT2D eigenvalue weighted by Crippen LogP contribution is -2.35. The fourth-order valence-electron chi connectivity index (χ4n) is 6.52. The molecule has 0 bridgehead atoms. The SMILES string of the molecule is Cc1cc(C)n(C(=O)c2c(NC(=O)c3ccc(S(=O)(=O)N4CCCc5ccccc54)cc3)sc3c2CCN(Cc2ccccc2)C3)n1. The van der Waals surface area contributed by atoms with E-state index in [2.05, 4.69) is 27.4 Å². The molecule has 0 radical (unpaired) electrons. The maximum Gasteiger partial charge on any atom is 0.281 e. The minimum Gasteiger partial charge on any atom is -0.313 e. The van der Waals surface area contributed by atoms with Crippen LogP contribution in [0.4, 0.5) is 10.7 Å². The van der Waals surface area contributed by atoms with E-state index in [4.69, 9.17) is 0 Å². The quantitative estimate of drug-likeness (QED) is 0.222. The summed E-state index contributed by atoms with van der Waals surface area (Å²) in [5, 5.41) is 7.91. The molecule has 47 heavy (non-hydrogen) atoms. The molecule has 0 spiro atoms. The van der Waals surface area contributed by atoms with E-state index >= 15 is 0 Å². The standard InChI is InChI=1S/C36H35N5O4S2/c1-24-21-25(2)41(38-24)36(43)33-30-18-20-39(22-26-9-4-3-5-10-26)23-32(30)46-35(33)37-34(42)28-14-16-29(17-15-28)47(44,45)40-19-8-12-27-11-6-7-13-31(27)40/h3-7,9-11,13-17,21H,8,12,18-20,22-23H2,1-2H3,(H,37,42). The number of benzene rings is 3. The Morgan fingerprint density at radius 3 is 2.40 bits per heavy atom. The highest BCUT2D eigenvalue weighted by molar-refractivity contribution is 7.92. The van der Waals surface area contributed by atoms with Crippen LogP contribution < -0.4 is 9.62 Å². The van der Waals surface area contributed by atoms with Crippen molar-refractivity contribution in [3.63, 3.8) is 0 Å². The van der Waals surface area contributed by atoms with Crippen molar-refractivity contribution in [1.82, 2.24) is 14.7 Å². The third kappa shape index (κ3) is 6.02. The molecular weight excluding hydrogens is 631 g/mol. The van der Waals surface area contributed by atoms with Gasteiger partial charge in [0.2, 0.25) is 0 Å². The van der Waals surface area contributed by atoms with Crippen LogP contribution in [-0.4, -0.2) is 48.0 Å². The Hall–Kier alpha value is -4.58. The zero-order valence-electron chi connectivity index (χ0n) is 26.3.